The second-order valence-corrected chi connectivity index (χ2v) is 7.45. The van der Waals surface area contributed by atoms with E-state index in [1.54, 1.807) is 11.1 Å². The van der Waals surface area contributed by atoms with Crippen LogP contribution >= 0.6 is 0 Å². The summed E-state index contributed by atoms with van der Waals surface area (Å²) in [5, 5.41) is 3.53. The maximum Gasteiger partial charge on any atom is 0.0341 e. The molecular formula is C22H32N2. The molecular weight excluding hydrogens is 292 g/mol. The summed E-state index contributed by atoms with van der Waals surface area (Å²) in [6.45, 7) is 13.5. The summed E-state index contributed by atoms with van der Waals surface area (Å²) in [5.74, 6) is 0. The number of likely N-dealkylation sites (tertiary alicyclic amines) is 1. The highest BCUT2D eigenvalue weighted by Gasteiger charge is 2.14. The average Bonchev–Trinajstić information content (AvgIpc) is 3.09. The van der Waals surface area contributed by atoms with Gasteiger partial charge in [0.1, 0.15) is 0 Å². The quantitative estimate of drug-likeness (QED) is 0.792. The van der Waals surface area contributed by atoms with E-state index in [0.717, 1.165) is 18.8 Å². The Morgan fingerprint density at radius 3 is 2.58 bits per heavy atom. The summed E-state index contributed by atoms with van der Waals surface area (Å²) in [5.41, 5.74) is 8.28. The van der Waals surface area contributed by atoms with Gasteiger partial charge in [-0.2, -0.15) is 0 Å². The van der Waals surface area contributed by atoms with Crippen molar-refractivity contribution in [3.05, 3.63) is 47.0 Å². The molecule has 2 aliphatic rings. The van der Waals surface area contributed by atoms with Crippen molar-refractivity contribution in [2.45, 2.75) is 52.4 Å². The Hall–Kier alpha value is -1.54. The van der Waals surface area contributed by atoms with E-state index in [2.05, 4.69) is 48.8 Å². The number of allylic oxidation sites excluding steroid dienone is 2. The van der Waals surface area contributed by atoms with Gasteiger partial charge in [-0.05, 0) is 93.8 Å². The van der Waals surface area contributed by atoms with E-state index in [-0.39, 0.29) is 0 Å². The molecule has 130 valence electrons. The molecule has 1 N–H and O–H groups in total. The lowest BCUT2D eigenvalue weighted by molar-refractivity contribution is 0.343. The van der Waals surface area contributed by atoms with Crippen molar-refractivity contribution in [1.29, 1.82) is 0 Å². The standard InChI is InChI=1S/C22H32N2/c1-17-8-4-5-9-21(17)22-16-20(11-10-18(22)2)19(3)23-12-15-24-13-6-7-14-24/h10-11,16,23H,3-9,12-15H2,1-2H3. The smallest absolute Gasteiger partial charge is 0.0341 e. The molecule has 1 heterocycles. The Balaban J connectivity index is 1.67. The molecule has 2 nitrogen and oxygen atoms in total. The van der Waals surface area contributed by atoms with Crippen LogP contribution in [0.3, 0.4) is 0 Å². The van der Waals surface area contributed by atoms with Crippen molar-refractivity contribution in [2.24, 2.45) is 0 Å². The van der Waals surface area contributed by atoms with E-state index in [4.69, 9.17) is 0 Å². The monoisotopic (exact) mass is 324 g/mol. The summed E-state index contributed by atoms with van der Waals surface area (Å²) in [6.07, 6.45) is 7.87. The topological polar surface area (TPSA) is 15.3 Å². The number of benzene rings is 1. The third-order valence-corrected chi connectivity index (χ3v) is 5.62. The minimum atomic E-state index is 0.990. The number of rotatable bonds is 6. The van der Waals surface area contributed by atoms with Gasteiger partial charge in [0.2, 0.25) is 0 Å². The normalized spacial score (nSPS) is 18.9. The Morgan fingerprint density at radius 2 is 1.83 bits per heavy atom. The van der Waals surface area contributed by atoms with Gasteiger partial charge in [-0.1, -0.05) is 24.3 Å². The fourth-order valence-corrected chi connectivity index (χ4v) is 4.03. The van der Waals surface area contributed by atoms with Crippen molar-refractivity contribution in [3.8, 4) is 0 Å². The first-order valence-electron chi connectivity index (χ1n) is 9.60. The van der Waals surface area contributed by atoms with Crippen molar-refractivity contribution < 1.29 is 0 Å². The van der Waals surface area contributed by atoms with Gasteiger partial charge in [0.25, 0.3) is 0 Å². The highest BCUT2D eigenvalue weighted by atomic mass is 15.1. The second kappa shape index (κ2) is 8.02. The maximum atomic E-state index is 4.28. The molecule has 1 saturated heterocycles. The van der Waals surface area contributed by atoms with Crippen LogP contribution in [0.5, 0.6) is 0 Å². The maximum absolute atomic E-state index is 4.28. The summed E-state index contributed by atoms with van der Waals surface area (Å²) in [6, 6.07) is 6.82. The fraction of sp³-hybridized carbons (Fsp3) is 0.545. The van der Waals surface area contributed by atoms with Gasteiger partial charge in [-0.3, -0.25) is 0 Å². The Bertz CT molecular complexity index is 621. The minimum Gasteiger partial charge on any atom is -0.384 e. The molecule has 0 aromatic heterocycles. The van der Waals surface area contributed by atoms with Crippen molar-refractivity contribution in [1.82, 2.24) is 10.2 Å². The molecule has 24 heavy (non-hydrogen) atoms. The lowest BCUT2D eigenvalue weighted by atomic mass is 9.85. The van der Waals surface area contributed by atoms with Crippen LogP contribution in [-0.4, -0.2) is 31.1 Å². The van der Waals surface area contributed by atoms with Crippen molar-refractivity contribution in [3.63, 3.8) is 0 Å². The van der Waals surface area contributed by atoms with Crippen LogP contribution in [0.4, 0.5) is 0 Å². The molecule has 1 aliphatic carbocycles. The van der Waals surface area contributed by atoms with E-state index in [0.29, 0.717) is 0 Å². The lowest BCUT2D eigenvalue weighted by Gasteiger charge is -2.21. The van der Waals surface area contributed by atoms with Crippen LogP contribution in [0.15, 0.2) is 30.4 Å². The second-order valence-electron chi connectivity index (χ2n) is 7.45. The van der Waals surface area contributed by atoms with Gasteiger partial charge in [0, 0.05) is 18.8 Å². The van der Waals surface area contributed by atoms with E-state index >= 15 is 0 Å². The van der Waals surface area contributed by atoms with Gasteiger partial charge in [-0.25, -0.2) is 0 Å². The zero-order valence-electron chi connectivity index (χ0n) is 15.5. The third kappa shape index (κ3) is 4.10. The molecule has 2 heteroatoms. The van der Waals surface area contributed by atoms with E-state index in [1.807, 2.05) is 0 Å². The summed E-state index contributed by atoms with van der Waals surface area (Å²) < 4.78 is 0. The van der Waals surface area contributed by atoms with Gasteiger partial charge in [0.15, 0.2) is 0 Å². The molecule has 0 bridgehead atoms. The average molecular weight is 325 g/mol. The highest BCUT2D eigenvalue weighted by molar-refractivity contribution is 5.75. The Labute approximate surface area is 147 Å². The molecule has 1 aliphatic heterocycles. The van der Waals surface area contributed by atoms with E-state index in [1.165, 1.54) is 68.3 Å². The first kappa shape index (κ1) is 17.3. The molecule has 0 saturated carbocycles. The van der Waals surface area contributed by atoms with Gasteiger partial charge >= 0.3 is 0 Å². The van der Waals surface area contributed by atoms with Crippen LogP contribution in [0.1, 0.15) is 62.1 Å². The van der Waals surface area contributed by atoms with Gasteiger partial charge in [0.05, 0.1) is 0 Å². The number of nitrogens with one attached hydrogen (secondary N) is 1. The highest BCUT2D eigenvalue weighted by Crippen LogP contribution is 2.34. The molecule has 0 amide bonds. The first-order valence-corrected chi connectivity index (χ1v) is 9.60. The van der Waals surface area contributed by atoms with E-state index < -0.39 is 0 Å². The van der Waals surface area contributed by atoms with Crippen molar-refractivity contribution in [2.75, 3.05) is 26.2 Å². The fourth-order valence-electron chi connectivity index (χ4n) is 4.03. The minimum absolute atomic E-state index is 0.990. The Morgan fingerprint density at radius 1 is 1.08 bits per heavy atom. The van der Waals surface area contributed by atoms with Gasteiger partial charge < -0.3 is 10.2 Å². The largest absolute Gasteiger partial charge is 0.384 e. The van der Waals surface area contributed by atoms with Crippen LogP contribution < -0.4 is 5.32 Å². The molecule has 0 radical (unpaired) electrons. The number of hydrogen-bond acceptors (Lipinski definition) is 2. The van der Waals surface area contributed by atoms with Gasteiger partial charge in [-0.15, -0.1) is 0 Å². The predicted octanol–water partition coefficient (Wildman–Crippen LogP) is 5.00. The number of hydrogen-bond donors (Lipinski definition) is 1. The van der Waals surface area contributed by atoms with Crippen LogP contribution in [0.25, 0.3) is 11.3 Å². The van der Waals surface area contributed by atoms with Crippen LogP contribution in [0.2, 0.25) is 0 Å². The molecule has 0 atom stereocenters. The van der Waals surface area contributed by atoms with Crippen LogP contribution in [-0.2, 0) is 0 Å². The molecule has 3 rings (SSSR count). The number of nitrogens with zero attached hydrogens (tertiary/aromatic N) is 1. The lowest BCUT2D eigenvalue weighted by Crippen LogP contribution is -2.29. The predicted molar refractivity (Wildman–Crippen MR) is 105 cm³/mol. The third-order valence-electron chi connectivity index (χ3n) is 5.62. The molecule has 1 aromatic rings. The molecule has 0 spiro atoms. The zero-order valence-corrected chi connectivity index (χ0v) is 15.5. The van der Waals surface area contributed by atoms with Crippen LogP contribution in [0, 0.1) is 6.92 Å². The molecule has 1 fully saturated rings. The summed E-state index contributed by atoms with van der Waals surface area (Å²) in [7, 11) is 0. The van der Waals surface area contributed by atoms with Crippen molar-refractivity contribution >= 4 is 11.3 Å². The Kier molecular flexibility index (Phi) is 5.78. The summed E-state index contributed by atoms with van der Waals surface area (Å²) >= 11 is 0. The first-order chi connectivity index (χ1) is 11.6. The van der Waals surface area contributed by atoms with E-state index in [9.17, 15) is 0 Å². The molecule has 0 unspecified atom stereocenters. The SMILES string of the molecule is C=C(NCCN1CCCC1)c1ccc(C)c(C2=C(C)CCCC2)c1. The summed E-state index contributed by atoms with van der Waals surface area (Å²) in [4.78, 5) is 2.54. The molecule has 1 aromatic carbocycles. The zero-order chi connectivity index (χ0) is 16.9. The number of aryl methyl sites for hydroxylation is 1.